The number of benzene rings is 1. The number of hydrogen-bond donors (Lipinski definition) is 0. The van der Waals surface area contributed by atoms with Crippen LogP contribution >= 0.6 is 11.6 Å². The first-order valence-electron chi connectivity index (χ1n) is 6.05. The van der Waals surface area contributed by atoms with E-state index < -0.39 is 0 Å². The molecule has 1 aliphatic rings. The van der Waals surface area contributed by atoms with E-state index in [1.807, 2.05) is 24.3 Å². The van der Waals surface area contributed by atoms with Crippen LogP contribution in [0.15, 0.2) is 30.5 Å². The molecule has 0 saturated carbocycles. The molecule has 0 spiro atoms. The van der Waals surface area contributed by atoms with Gasteiger partial charge in [-0.25, -0.2) is 4.98 Å². The predicted octanol–water partition coefficient (Wildman–Crippen LogP) is 3.14. The van der Waals surface area contributed by atoms with Gasteiger partial charge in [0, 0.05) is 23.9 Å². The summed E-state index contributed by atoms with van der Waals surface area (Å²) in [6.07, 6.45) is 2.83. The van der Waals surface area contributed by atoms with E-state index in [9.17, 15) is 0 Å². The second-order valence-electron chi connectivity index (χ2n) is 4.37. The van der Waals surface area contributed by atoms with Crippen molar-refractivity contribution >= 4 is 22.4 Å². The third-order valence-corrected chi connectivity index (χ3v) is 3.44. The van der Waals surface area contributed by atoms with E-state index in [0.717, 1.165) is 29.4 Å². The Balaban J connectivity index is 2.01. The quantitative estimate of drug-likeness (QED) is 0.798. The molecule has 0 bridgehead atoms. The molecule has 0 aliphatic carbocycles. The van der Waals surface area contributed by atoms with Crippen LogP contribution in [0.5, 0.6) is 5.88 Å². The Morgan fingerprint density at radius 2 is 2.17 bits per heavy atom. The lowest BCUT2D eigenvalue weighted by Crippen LogP contribution is -2.16. The van der Waals surface area contributed by atoms with Crippen molar-refractivity contribution in [2.24, 2.45) is 0 Å². The number of pyridine rings is 1. The van der Waals surface area contributed by atoms with E-state index in [2.05, 4.69) is 4.98 Å². The summed E-state index contributed by atoms with van der Waals surface area (Å²) in [7, 11) is 0. The third-order valence-electron chi connectivity index (χ3n) is 3.15. The molecule has 1 unspecified atom stereocenters. The second kappa shape index (κ2) is 5.12. The lowest BCUT2D eigenvalue weighted by Gasteiger charge is -2.14. The first-order chi connectivity index (χ1) is 8.88. The van der Waals surface area contributed by atoms with Crippen molar-refractivity contribution in [1.29, 1.82) is 0 Å². The van der Waals surface area contributed by atoms with Crippen LogP contribution < -0.4 is 4.74 Å². The van der Waals surface area contributed by atoms with Crippen LogP contribution in [0.25, 0.3) is 10.8 Å². The average Bonchev–Trinajstić information content (AvgIpc) is 2.92. The summed E-state index contributed by atoms with van der Waals surface area (Å²) in [5.74, 6) is 1.13. The van der Waals surface area contributed by atoms with E-state index in [4.69, 9.17) is 21.1 Å². The number of hydrogen-bond acceptors (Lipinski definition) is 3. The van der Waals surface area contributed by atoms with Crippen molar-refractivity contribution in [3.63, 3.8) is 0 Å². The van der Waals surface area contributed by atoms with Crippen LogP contribution in [0.2, 0.25) is 0 Å². The number of alkyl halides is 1. The third kappa shape index (κ3) is 2.16. The molecular weight excluding hydrogens is 250 g/mol. The summed E-state index contributed by atoms with van der Waals surface area (Å²) in [4.78, 5) is 4.38. The molecular formula is C14H14ClNO2. The minimum atomic E-state index is 0.114. The molecule has 1 atom stereocenters. The Bertz CT molecular complexity index is 552. The summed E-state index contributed by atoms with van der Waals surface area (Å²) in [5.41, 5.74) is 1.03. The molecule has 1 saturated heterocycles. The van der Waals surface area contributed by atoms with E-state index in [1.54, 1.807) is 6.20 Å². The van der Waals surface area contributed by atoms with Gasteiger partial charge >= 0.3 is 0 Å². The van der Waals surface area contributed by atoms with Gasteiger partial charge in [0.2, 0.25) is 5.88 Å². The molecule has 1 aliphatic heterocycles. The minimum Gasteiger partial charge on any atom is -0.471 e. The fourth-order valence-corrected chi connectivity index (χ4v) is 2.40. The molecule has 0 radical (unpaired) electrons. The van der Waals surface area contributed by atoms with Crippen molar-refractivity contribution in [2.75, 3.05) is 13.2 Å². The molecule has 1 fully saturated rings. The van der Waals surface area contributed by atoms with Crippen LogP contribution in [0, 0.1) is 0 Å². The van der Waals surface area contributed by atoms with Crippen molar-refractivity contribution in [2.45, 2.75) is 18.4 Å². The lowest BCUT2D eigenvalue weighted by molar-refractivity contribution is 0.139. The maximum absolute atomic E-state index is 5.93. The normalized spacial score (nSPS) is 19.3. The highest BCUT2D eigenvalue weighted by Crippen LogP contribution is 2.28. The van der Waals surface area contributed by atoms with Crippen LogP contribution in [-0.4, -0.2) is 24.3 Å². The summed E-state index contributed by atoms with van der Waals surface area (Å²) >= 11 is 5.93. The zero-order valence-corrected chi connectivity index (χ0v) is 10.7. The Kier molecular flexibility index (Phi) is 3.35. The van der Waals surface area contributed by atoms with Crippen molar-refractivity contribution in [1.82, 2.24) is 4.98 Å². The Hall–Kier alpha value is -1.32. The standard InChI is InChI=1S/C14H14ClNO2/c15-7-10-8-16-14(18-11-5-6-17-9-11)13-4-2-1-3-12(10)13/h1-4,8,11H,5-7,9H2. The zero-order chi connectivity index (χ0) is 12.4. The summed E-state index contributed by atoms with van der Waals surface area (Å²) < 4.78 is 11.2. The van der Waals surface area contributed by atoms with Gasteiger partial charge in [-0.3, -0.25) is 0 Å². The largest absolute Gasteiger partial charge is 0.471 e. The van der Waals surface area contributed by atoms with Gasteiger partial charge in [0.15, 0.2) is 0 Å². The molecule has 0 N–H and O–H groups in total. The van der Waals surface area contributed by atoms with Crippen molar-refractivity contribution < 1.29 is 9.47 Å². The van der Waals surface area contributed by atoms with Crippen LogP contribution in [0.3, 0.4) is 0 Å². The lowest BCUT2D eigenvalue weighted by atomic mass is 10.1. The van der Waals surface area contributed by atoms with Crippen molar-refractivity contribution in [3.05, 3.63) is 36.0 Å². The Morgan fingerprint density at radius 3 is 2.89 bits per heavy atom. The van der Waals surface area contributed by atoms with Crippen LogP contribution in [0.1, 0.15) is 12.0 Å². The van der Waals surface area contributed by atoms with Crippen LogP contribution in [0.4, 0.5) is 0 Å². The van der Waals surface area contributed by atoms with Gasteiger partial charge in [-0.15, -0.1) is 11.6 Å². The van der Waals surface area contributed by atoms with Gasteiger partial charge < -0.3 is 9.47 Å². The molecule has 2 heterocycles. The second-order valence-corrected chi connectivity index (χ2v) is 4.64. The smallest absolute Gasteiger partial charge is 0.221 e. The predicted molar refractivity (Wildman–Crippen MR) is 71.2 cm³/mol. The number of ether oxygens (including phenoxy) is 2. The SMILES string of the molecule is ClCc1cnc(OC2CCOC2)c2ccccc12. The molecule has 0 amide bonds. The number of fused-ring (bicyclic) bond motifs is 1. The molecule has 1 aromatic heterocycles. The van der Waals surface area contributed by atoms with Gasteiger partial charge in [0.05, 0.1) is 13.2 Å². The maximum Gasteiger partial charge on any atom is 0.221 e. The summed E-state index contributed by atoms with van der Waals surface area (Å²) in [6, 6.07) is 8.05. The molecule has 18 heavy (non-hydrogen) atoms. The van der Waals surface area contributed by atoms with E-state index in [-0.39, 0.29) is 6.10 Å². The van der Waals surface area contributed by atoms with Gasteiger partial charge in [-0.2, -0.15) is 0 Å². The van der Waals surface area contributed by atoms with Gasteiger partial charge in [0.1, 0.15) is 6.10 Å². The Labute approximate surface area is 111 Å². The van der Waals surface area contributed by atoms with Crippen LogP contribution in [-0.2, 0) is 10.6 Å². The first kappa shape index (κ1) is 11.8. The molecule has 2 aromatic rings. The highest BCUT2D eigenvalue weighted by atomic mass is 35.5. The zero-order valence-electron chi connectivity index (χ0n) is 9.93. The molecule has 4 heteroatoms. The van der Waals surface area contributed by atoms with Gasteiger partial charge in [0.25, 0.3) is 0 Å². The summed E-state index contributed by atoms with van der Waals surface area (Å²) in [5, 5.41) is 2.12. The highest BCUT2D eigenvalue weighted by Gasteiger charge is 2.19. The number of halogens is 1. The van der Waals surface area contributed by atoms with Crippen molar-refractivity contribution in [3.8, 4) is 5.88 Å². The molecule has 3 rings (SSSR count). The summed E-state index contributed by atoms with van der Waals surface area (Å²) in [6.45, 7) is 1.41. The number of aromatic nitrogens is 1. The minimum absolute atomic E-state index is 0.114. The first-order valence-corrected chi connectivity index (χ1v) is 6.59. The average molecular weight is 264 g/mol. The highest BCUT2D eigenvalue weighted by molar-refractivity contribution is 6.18. The van der Waals surface area contributed by atoms with Gasteiger partial charge in [-0.1, -0.05) is 18.2 Å². The fraction of sp³-hybridized carbons (Fsp3) is 0.357. The monoisotopic (exact) mass is 263 g/mol. The molecule has 3 nitrogen and oxygen atoms in total. The Morgan fingerprint density at radius 1 is 1.33 bits per heavy atom. The number of nitrogens with zero attached hydrogens (tertiary/aromatic N) is 1. The molecule has 94 valence electrons. The fourth-order valence-electron chi connectivity index (χ4n) is 2.19. The van der Waals surface area contributed by atoms with E-state index in [0.29, 0.717) is 18.4 Å². The molecule has 1 aromatic carbocycles. The van der Waals surface area contributed by atoms with E-state index >= 15 is 0 Å². The van der Waals surface area contributed by atoms with E-state index in [1.165, 1.54) is 0 Å². The van der Waals surface area contributed by atoms with Gasteiger partial charge in [-0.05, 0) is 17.0 Å². The maximum atomic E-state index is 5.93. The number of rotatable bonds is 3. The topological polar surface area (TPSA) is 31.4 Å².